The van der Waals surface area contributed by atoms with Crippen LogP contribution in [0.3, 0.4) is 0 Å². The standard InChI is InChI=1S/C31H35ClFN7O2/c1-8-26(41)37-15-20(7)38(16-19(37)6)28-22-13-24(32)27(21-11-9-10-12-25(21)33)35-29(22)39(31(42)36-28)30-23(17(2)3)14-34-40(30)18(4)5/h8-14,17-20H,1,15-16H2,2-7H3. The Bertz CT molecular complexity index is 1720. The minimum Gasteiger partial charge on any atom is -0.349 e. The second-order valence-electron chi connectivity index (χ2n) is 11.4. The molecule has 5 rings (SSSR count). The zero-order chi connectivity index (χ0) is 30.5. The summed E-state index contributed by atoms with van der Waals surface area (Å²) in [5.41, 5.74) is 1.05. The third-order valence-electron chi connectivity index (χ3n) is 7.77. The highest BCUT2D eigenvalue weighted by Crippen LogP contribution is 2.36. The molecule has 1 saturated heterocycles. The van der Waals surface area contributed by atoms with Crippen LogP contribution in [0.2, 0.25) is 5.02 Å². The van der Waals surface area contributed by atoms with Gasteiger partial charge in [-0.25, -0.2) is 23.4 Å². The summed E-state index contributed by atoms with van der Waals surface area (Å²) in [6.07, 6.45) is 3.07. The molecule has 1 fully saturated rings. The van der Waals surface area contributed by atoms with Crippen molar-refractivity contribution in [3.8, 4) is 17.1 Å². The van der Waals surface area contributed by atoms with Gasteiger partial charge >= 0.3 is 5.69 Å². The third-order valence-corrected chi connectivity index (χ3v) is 8.05. The van der Waals surface area contributed by atoms with Gasteiger partial charge in [0.05, 0.1) is 22.3 Å². The molecule has 3 aromatic heterocycles. The van der Waals surface area contributed by atoms with Crippen LogP contribution in [0.5, 0.6) is 0 Å². The van der Waals surface area contributed by atoms with Crippen molar-refractivity contribution in [1.29, 1.82) is 0 Å². The Hall–Kier alpha value is -4.05. The first kappa shape index (κ1) is 29.4. The SMILES string of the molecule is C=CC(=O)N1CC(C)N(c2nc(=O)n(-c3c(C(C)C)cnn3C(C)C)c3nc(-c4ccccc4F)c(Cl)cc23)CC1C. The van der Waals surface area contributed by atoms with E-state index in [1.807, 2.05) is 46.4 Å². The number of carbonyl (C=O) groups excluding carboxylic acids is 1. The highest BCUT2D eigenvalue weighted by molar-refractivity contribution is 6.33. The second-order valence-corrected chi connectivity index (χ2v) is 11.8. The largest absolute Gasteiger partial charge is 0.357 e. The fraction of sp³-hybridized carbons (Fsp3) is 0.387. The lowest BCUT2D eigenvalue weighted by Crippen LogP contribution is -2.58. The second kappa shape index (κ2) is 11.3. The molecule has 2 unspecified atom stereocenters. The van der Waals surface area contributed by atoms with E-state index < -0.39 is 11.5 Å². The number of aromatic nitrogens is 5. The summed E-state index contributed by atoms with van der Waals surface area (Å²) in [4.78, 5) is 39.9. The quantitative estimate of drug-likeness (QED) is 0.265. The van der Waals surface area contributed by atoms with Crippen LogP contribution in [0, 0.1) is 5.82 Å². The van der Waals surface area contributed by atoms with Crippen LogP contribution in [0.1, 0.15) is 59.1 Å². The number of benzene rings is 1. The Balaban J connectivity index is 1.83. The highest BCUT2D eigenvalue weighted by Gasteiger charge is 2.34. The van der Waals surface area contributed by atoms with Crippen molar-refractivity contribution >= 4 is 34.4 Å². The summed E-state index contributed by atoms with van der Waals surface area (Å²) in [6, 6.07) is 7.57. The van der Waals surface area contributed by atoms with Crippen LogP contribution in [-0.2, 0) is 4.79 Å². The number of hydrogen-bond donors (Lipinski definition) is 0. The molecule has 1 aliphatic rings. The first-order chi connectivity index (χ1) is 19.9. The average Bonchev–Trinajstić information content (AvgIpc) is 3.39. The van der Waals surface area contributed by atoms with Crippen molar-refractivity contribution in [2.75, 3.05) is 18.0 Å². The van der Waals surface area contributed by atoms with Gasteiger partial charge in [-0.05, 0) is 57.9 Å². The van der Waals surface area contributed by atoms with Gasteiger partial charge in [0.2, 0.25) is 5.91 Å². The van der Waals surface area contributed by atoms with Crippen molar-refractivity contribution in [1.82, 2.24) is 29.2 Å². The Morgan fingerprint density at radius 2 is 1.83 bits per heavy atom. The smallest absolute Gasteiger partial charge is 0.349 e. The van der Waals surface area contributed by atoms with E-state index in [9.17, 15) is 9.59 Å². The maximum atomic E-state index is 15.0. The van der Waals surface area contributed by atoms with E-state index in [2.05, 4.69) is 16.7 Å². The molecule has 0 spiro atoms. The fourth-order valence-corrected chi connectivity index (χ4v) is 5.84. The minimum atomic E-state index is -0.541. The molecule has 1 amide bonds. The lowest BCUT2D eigenvalue weighted by Gasteiger charge is -2.44. The van der Waals surface area contributed by atoms with Crippen LogP contribution >= 0.6 is 11.6 Å². The first-order valence-corrected chi connectivity index (χ1v) is 14.5. The molecule has 1 aromatic carbocycles. The summed E-state index contributed by atoms with van der Waals surface area (Å²) in [5, 5.41) is 5.36. The van der Waals surface area contributed by atoms with Crippen molar-refractivity contribution in [3.05, 3.63) is 76.1 Å². The third kappa shape index (κ3) is 4.98. The van der Waals surface area contributed by atoms with Gasteiger partial charge in [0.1, 0.15) is 17.5 Å². The van der Waals surface area contributed by atoms with Gasteiger partial charge in [0.15, 0.2) is 5.65 Å². The molecule has 4 aromatic rings. The Labute approximate surface area is 249 Å². The van der Waals surface area contributed by atoms with Gasteiger partial charge in [-0.3, -0.25) is 4.79 Å². The van der Waals surface area contributed by atoms with Crippen molar-refractivity contribution in [2.45, 2.75) is 65.6 Å². The van der Waals surface area contributed by atoms with Crippen molar-refractivity contribution in [2.24, 2.45) is 0 Å². The van der Waals surface area contributed by atoms with Crippen LogP contribution < -0.4 is 10.6 Å². The normalized spacial score (nSPS) is 17.5. The summed E-state index contributed by atoms with van der Waals surface area (Å²) in [6.45, 7) is 16.4. The van der Waals surface area contributed by atoms with Crippen LogP contribution in [0.25, 0.3) is 28.1 Å². The van der Waals surface area contributed by atoms with E-state index in [1.54, 1.807) is 40.0 Å². The number of rotatable bonds is 6. The minimum absolute atomic E-state index is 0.0452. The number of piperazine rings is 1. The number of carbonyl (C=O) groups is 1. The summed E-state index contributed by atoms with van der Waals surface area (Å²) in [5.74, 6) is 0.391. The molecular weight excluding hydrogens is 557 g/mol. The lowest BCUT2D eigenvalue weighted by molar-refractivity contribution is -0.128. The first-order valence-electron chi connectivity index (χ1n) is 14.1. The number of amides is 1. The van der Waals surface area contributed by atoms with E-state index in [-0.39, 0.29) is 46.2 Å². The molecule has 11 heteroatoms. The summed E-state index contributed by atoms with van der Waals surface area (Å²) >= 11 is 6.81. The van der Waals surface area contributed by atoms with Gasteiger partial charge in [0, 0.05) is 42.3 Å². The summed E-state index contributed by atoms with van der Waals surface area (Å²) < 4.78 is 18.2. The zero-order valence-corrected chi connectivity index (χ0v) is 25.4. The van der Waals surface area contributed by atoms with Crippen molar-refractivity contribution < 1.29 is 9.18 Å². The van der Waals surface area contributed by atoms with Crippen molar-refractivity contribution in [3.63, 3.8) is 0 Å². The van der Waals surface area contributed by atoms with E-state index in [4.69, 9.17) is 16.6 Å². The summed E-state index contributed by atoms with van der Waals surface area (Å²) in [7, 11) is 0. The number of anilines is 1. The van der Waals surface area contributed by atoms with Gasteiger partial charge in [-0.2, -0.15) is 10.1 Å². The Morgan fingerprint density at radius 3 is 2.48 bits per heavy atom. The van der Waals surface area contributed by atoms with E-state index >= 15 is 4.39 Å². The number of nitrogens with zero attached hydrogens (tertiary/aromatic N) is 7. The fourth-order valence-electron chi connectivity index (χ4n) is 5.59. The monoisotopic (exact) mass is 591 g/mol. The molecule has 42 heavy (non-hydrogen) atoms. The lowest BCUT2D eigenvalue weighted by atomic mass is 10.1. The average molecular weight is 592 g/mol. The van der Waals surface area contributed by atoms with Gasteiger partial charge in [-0.15, -0.1) is 0 Å². The molecule has 4 heterocycles. The Kier molecular flexibility index (Phi) is 7.94. The van der Waals surface area contributed by atoms with Crippen LogP contribution in [0.4, 0.5) is 10.2 Å². The maximum Gasteiger partial charge on any atom is 0.357 e. The van der Waals surface area contributed by atoms with Crippen LogP contribution in [0.15, 0.2) is 54.0 Å². The maximum absolute atomic E-state index is 15.0. The van der Waals surface area contributed by atoms with Crippen LogP contribution in [-0.4, -0.2) is 60.3 Å². The van der Waals surface area contributed by atoms with E-state index in [1.165, 1.54) is 16.7 Å². The molecule has 0 N–H and O–H groups in total. The molecule has 0 saturated carbocycles. The van der Waals surface area contributed by atoms with Gasteiger partial charge in [-0.1, -0.05) is 44.2 Å². The molecular formula is C31H35ClFN7O2. The van der Waals surface area contributed by atoms with Gasteiger partial charge < -0.3 is 9.80 Å². The Morgan fingerprint density at radius 1 is 1.12 bits per heavy atom. The molecule has 9 nitrogen and oxygen atoms in total. The number of fused-ring (bicyclic) bond motifs is 1. The van der Waals surface area contributed by atoms with E-state index in [0.29, 0.717) is 35.8 Å². The number of hydrogen-bond acceptors (Lipinski definition) is 6. The number of pyridine rings is 1. The topological polar surface area (TPSA) is 89.2 Å². The van der Waals surface area contributed by atoms with E-state index in [0.717, 1.165) is 5.56 Å². The molecule has 0 bridgehead atoms. The predicted molar refractivity (Wildman–Crippen MR) is 164 cm³/mol. The van der Waals surface area contributed by atoms with Gasteiger partial charge in [0.25, 0.3) is 0 Å². The highest BCUT2D eigenvalue weighted by atomic mass is 35.5. The zero-order valence-electron chi connectivity index (χ0n) is 24.7. The molecule has 0 radical (unpaired) electrons. The molecule has 2 atom stereocenters. The molecule has 220 valence electrons. The molecule has 1 aliphatic heterocycles. The predicted octanol–water partition coefficient (Wildman–Crippen LogP) is 5.75. The number of halogens is 2. The molecule has 0 aliphatic carbocycles.